The summed E-state index contributed by atoms with van der Waals surface area (Å²) in [6.45, 7) is 0.338. The number of amides is 1. The largest absolute Gasteiger partial charge is 0.469 e. The quantitative estimate of drug-likeness (QED) is 0.768. The number of rotatable bonds is 7. The van der Waals surface area contributed by atoms with Gasteiger partial charge in [0.2, 0.25) is 5.91 Å². The summed E-state index contributed by atoms with van der Waals surface area (Å²) in [5.41, 5.74) is 0. The van der Waals surface area contributed by atoms with Gasteiger partial charge in [-0.2, -0.15) is 0 Å². The summed E-state index contributed by atoms with van der Waals surface area (Å²) in [7, 11) is 1.33. The van der Waals surface area contributed by atoms with Crippen molar-refractivity contribution < 1.29 is 14.3 Å². The van der Waals surface area contributed by atoms with Crippen molar-refractivity contribution in [2.75, 3.05) is 19.4 Å². The molecule has 1 amide bonds. The van der Waals surface area contributed by atoms with Gasteiger partial charge in [0, 0.05) is 17.2 Å². The second kappa shape index (κ2) is 8.14. The lowest BCUT2D eigenvalue weighted by atomic mass is 10.4. The molecule has 0 saturated carbocycles. The number of nitrogens with one attached hydrogen (secondary N) is 1. The lowest BCUT2D eigenvalue weighted by molar-refractivity contribution is -0.140. The van der Waals surface area contributed by atoms with E-state index in [4.69, 9.17) is 0 Å². The zero-order valence-corrected chi connectivity index (χ0v) is 11.2. The summed E-state index contributed by atoms with van der Waals surface area (Å²) in [4.78, 5) is 23.4. The Hall–Kier alpha value is -1.01. The van der Waals surface area contributed by atoms with Crippen LogP contribution in [0.15, 0.2) is 17.5 Å². The second-order valence-electron chi connectivity index (χ2n) is 3.25. The lowest BCUT2D eigenvalue weighted by Gasteiger charge is -2.03. The molecule has 17 heavy (non-hydrogen) atoms. The number of carbonyl (C=O) groups excluding carboxylic acids is 2. The molecule has 0 atom stereocenters. The van der Waals surface area contributed by atoms with Crippen molar-refractivity contribution in [3.63, 3.8) is 0 Å². The molecule has 4 nitrogen and oxygen atoms in total. The third kappa shape index (κ3) is 6.33. The first-order valence-electron chi connectivity index (χ1n) is 5.16. The molecule has 6 heteroatoms. The van der Waals surface area contributed by atoms with Gasteiger partial charge in [-0.1, -0.05) is 6.07 Å². The summed E-state index contributed by atoms with van der Waals surface area (Å²) in [5, 5.41) is 4.69. The number of carbonyl (C=O) groups is 2. The van der Waals surface area contributed by atoms with Gasteiger partial charge in [0.1, 0.15) is 0 Å². The molecule has 1 heterocycles. The van der Waals surface area contributed by atoms with Crippen molar-refractivity contribution in [1.29, 1.82) is 0 Å². The molecular formula is C11H15NO3S2. The maximum Gasteiger partial charge on any atom is 0.307 e. The normalized spacial score (nSPS) is 9.94. The highest BCUT2D eigenvalue weighted by atomic mass is 32.2. The number of hydrogen-bond donors (Lipinski definition) is 1. The van der Waals surface area contributed by atoms with E-state index in [-0.39, 0.29) is 18.3 Å². The fraction of sp³-hybridized carbons (Fsp3) is 0.455. The van der Waals surface area contributed by atoms with E-state index in [1.807, 2.05) is 17.5 Å². The first-order valence-corrected chi connectivity index (χ1v) is 7.19. The Morgan fingerprint density at radius 3 is 3.00 bits per heavy atom. The summed E-state index contributed by atoms with van der Waals surface area (Å²) in [6, 6.07) is 4.05. The Labute approximate surface area is 109 Å². The minimum Gasteiger partial charge on any atom is -0.469 e. The molecule has 0 radical (unpaired) electrons. The van der Waals surface area contributed by atoms with E-state index >= 15 is 0 Å². The number of thiophene rings is 1. The van der Waals surface area contributed by atoms with E-state index in [9.17, 15) is 9.59 Å². The number of hydrogen-bond acceptors (Lipinski definition) is 5. The highest BCUT2D eigenvalue weighted by molar-refractivity contribution is 7.99. The Morgan fingerprint density at radius 1 is 1.53 bits per heavy atom. The fourth-order valence-electron chi connectivity index (χ4n) is 1.10. The molecule has 0 unspecified atom stereocenters. The fourth-order valence-corrected chi connectivity index (χ4v) is 2.79. The van der Waals surface area contributed by atoms with E-state index in [1.165, 1.54) is 12.0 Å². The van der Waals surface area contributed by atoms with Crippen LogP contribution in [0.5, 0.6) is 0 Å². The topological polar surface area (TPSA) is 55.4 Å². The minimum atomic E-state index is -0.309. The summed E-state index contributed by atoms with van der Waals surface area (Å²) < 4.78 is 4.47. The van der Waals surface area contributed by atoms with Gasteiger partial charge in [-0.05, 0) is 11.4 Å². The van der Waals surface area contributed by atoms with Crippen molar-refractivity contribution >= 4 is 35.0 Å². The molecule has 1 aromatic rings. The highest BCUT2D eigenvalue weighted by Crippen LogP contribution is 2.16. The summed E-state index contributed by atoms with van der Waals surface area (Å²) in [6.07, 6.45) is 0.220. The maximum atomic E-state index is 11.4. The monoisotopic (exact) mass is 273 g/mol. The molecule has 0 aromatic carbocycles. The van der Waals surface area contributed by atoms with Crippen LogP contribution in [0.1, 0.15) is 11.3 Å². The smallest absolute Gasteiger partial charge is 0.307 e. The van der Waals surface area contributed by atoms with Gasteiger partial charge in [0.25, 0.3) is 0 Å². The van der Waals surface area contributed by atoms with Crippen molar-refractivity contribution in [2.45, 2.75) is 12.2 Å². The minimum absolute atomic E-state index is 0.0459. The molecule has 0 fully saturated rings. The molecule has 0 spiro atoms. The van der Waals surface area contributed by atoms with Crippen LogP contribution in [-0.2, 0) is 20.1 Å². The predicted octanol–water partition coefficient (Wildman–Crippen LogP) is 1.66. The standard InChI is InChI=1S/C11H15NO3S2/c1-15-11(14)4-5-12-10(13)8-16-7-9-3-2-6-17-9/h2-3,6H,4-5,7-8H2,1H3,(H,12,13). The van der Waals surface area contributed by atoms with Gasteiger partial charge in [0.15, 0.2) is 0 Å². The van der Waals surface area contributed by atoms with Crippen LogP contribution in [0.4, 0.5) is 0 Å². The van der Waals surface area contributed by atoms with Crippen LogP contribution in [0.25, 0.3) is 0 Å². The van der Waals surface area contributed by atoms with Crippen molar-refractivity contribution in [3.05, 3.63) is 22.4 Å². The molecule has 1 rings (SSSR count). The predicted molar refractivity (Wildman–Crippen MR) is 70.1 cm³/mol. The third-order valence-corrected chi connectivity index (χ3v) is 3.98. The number of thioether (sulfide) groups is 1. The van der Waals surface area contributed by atoms with Crippen LogP contribution in [0.3, 0.4) is 0 Å². The molecular weight excluding hydrogens is 258 g/mol. The van der Waals surface area contributed by atoms with Crippen molar-refractivity contribution in [3.8, 4) is 0 Å². The van der Waals surface area contributed by atoms with E-state index < -0.39 is 0 Å². The van der Waals surface area contributed by atoms with Gasteiger partial charge in [-0.15, -0.1) is 23.1 Å². The average Bonchev–Trinajstić information content (AvgIpc) is 2.82. The lowest BCUT2D eigenvalue weighted by Crippen LogP contribution is -2.27. The first kappa shape index (κ1) is 14.1. The van der Waals surface area contributed by atoms with Gasteiger partial charge < -0.3 is 10.1 Å². The van der Waals surface area contributed by atoms with Crippen molar-refractivity contribution in [1.82, 2.24) is 5.32 Å². The molecule has 1 aromatic heterocycles. The van der Waals surface area contributed by atoms with Crippen LogP contribution in [-0.4, -0.2) is 31.3 Å². The maximum absolute atomic E-state index is 11.4. The van der Waals surface area contributed by atoms with Gasteiger partial charge in [0.05, 0.1) is 19.3 Å². The first-order chi connectivity index (χ1) is 8.22. The van der Waals surface area contributed by atoms with Crippen LogP contribution >= 0.6 is 23.1 Å². The van der Waals surface area contributed by atoms with Gasteiger partial charge >= 0.3 is 5.97 Å². The van der Waals surface area contributed by atoms with Crippen LogP contribution < -0.4 is 5.32 Å². The van der Waals surface area contributed by atoms with Crippen LogP contribution in [0.2, 0.25) is 0 Å². The molecule has 0 saturated heterocycles. The van der Waals surface area contributed by atoms with E-state index in [0.29, 0.717) is 12.3 Å². The van der Waals surface area contributed by atoms with E-state index in [2.05, 4.69) is 10.1 Å². The van der Waals surface area contributed by atoms with Crippen molar-refractivity contribution in [2.24, 2.45) is 0 Å². The Kier molecular flexibility index (Phi) is 6.73. The molecule has 0 aliphatic carbocycles. The van der Waals surface area contributed by atoms with Gasteiger partial charge in [-0.3, -0.25) is 9.59 Å². The molecule has 1 N–H and O–H groups in total. The number of esters is 1. The molecule has 0 aliphatic heterocycles. The zero-order chi connectivity index (χ0) is 12.5. The Morgan fingerprint density at radius 2 is 2.35 bits per heavy atom. The average molecular weight is 273 g/mol. The highest BCUT2D eigenvalue weighted by Gasteiger charge is 2.04. The van der Waals surface area contributed by atoms with Gasteiger partial charge in [-0.25, -0.2) is 0 Å². The SMILES string of the molecule is COC(=O)CCNC(=O)CSCc1cccs1. The Bertz CT molecular complexity index is 352. The number of methoxy groups -OCH3 is 1. The number of ether oxygens (including phenoxy) is 1. The summed E-state index contributed by atoms with van der Waals surface area (Å²) >= 11 is 3.25. The molecule has 0 bridgehead atoms. The third-order valence-electron chi connectivity index (χ3n) is 1.94. The summed E-state index contributed by atoms with van der Waals surface area (Å²) in [5.74, 6) is 0.910. The molecule has 94 valence electrons. The van der Waals surface area contributed by atoms with E-state index in [0.717, 1.165) is 5.75 Å². The second-order valence-corrected chi connectivity index (χ2v) is 5.27. The van der Waals surface area contributed by atoms with Crippen LogP contribution in [0, 0.1) is 0 Å². The zero-order valence-electron chi connectivity index (χ0n) is 9.60. The molecule has 0 aliphatic rings. The van der Waals surface area contributed by atoms with E-state index in [1.54, 1.807) is 23.1 Å². The Balaban J connectivity index is 2.03.